The van der Waals surface area contributed by atoms with Gasteiger partial charge in [-0.3, -0.25) is 4.79 Å². The van der Waals surface area contributed by atoms with Gasteiger partial charge in [0.1, 0.15) is 0 Å². The molecule has 0 fully saturated rings. The molecule has 0 bridgehead atoms. The second kappa shape index (κ2) is 8.21. The molecule has 5 heteroatoms. The zero-order valence-corrected chi connectivity index (χ0v) is 15.8. The van der Waals surface area contributed by atoms with E-state index < -0.39 is 5.97 Å². The van der Waals surface area contributed by atoms with Crippen molar-refractivity contribution in [2.24, 2.45) is 0 Å². The minimum atomic E-state index is -0.396. The Morgan fingerprint density at radius 2 is 1.60 bits per heavy atom. The lowest BCUT2D eigenvalue weighted by Gasteiger charge is -2.19. The van der Waals surface area contributed by atoms with E-state index in [2.05, 4.69) is 43.0 Å². The molecule has 0 atom stereocenters. The number of hydrogen-bond donors (Lipinski definition) is 1. The van der Waals surface area contributed by atoms with E-state index in [0.717, 1.165) is 4.90 Å². The summed E-state index contributed by atoms with van der Waals surface area (Å²) < 4.78 is 4.64. The SMILES string of the molecule is COC(=O)c1ccc(NC(=O)CSc2ccc(C(C)(C)C)cc2)cc1. The standard InChI is InChI=1S/C20H23NO3S/c1-20(2,3)15-7-11-17(12-8-15)25-13-18(22)21-16-9-5-14(6-10-16)19(23)24-4/h5-12H,13H2,1-4H3,(H,21,22). The fraction of sp³-hybridized carbons (Fsp3) is 0.300. The summed E-state index contributed by atoms with van der Waals surface area (Å²) in [5, 5.41) is 2.82. The molecule has 0 saturated carbocycles. The molecule has 1 N–H and O–H groups in total. The van der Waals surface area contributed by atoms with Gasteiger partial charge in [0.15, 0.2) is 0 Å². The molecule has 132 valence electrons. The summed E-state index contributed by atoms with van der Waals surface area (Å²) in [4.78, 5) is 24.5. The van der Waals surface area contributed by atoms with Gasteiger partial charge < -0.3 is 10.1 Å². The van der Waals surface area contributed by atoms with Crippen LogP contribution < -0.4 is 5.32 Å². The number of nitrogens with one attached hydrogen (secondary N) is 1. The summed E-state index contributed by atoms with van der Waals surface area (Å²) >= 11 is 1.49. The molecule has 2 aromatic carbocycles. The lowest BCUT2D eigenvalue weighted by Crippen LogP contribution is -2.14. The van der Waals surface area contributed by atoms with Crippen molar-refractivity contribution in [3.05, 3.63) is 59.7 Å². The van der Waals surface area contributed by atoms with E-state index in [1.54, 1.807) is 24.3 Å². The maximum atomic E-state index is 12.1. The zero-order chi connectivity index (χ0) is 18.4. The normalized spacial score (nSPS) is 11.0. The van der Waals surface area contributed by atoms with E-state index in [0.29, 0.717) is 17.0 Å². The van der Waals surface area contributed by atoms with Crippen LogP contribution in [-0.2, 0) is 14.9 Å². The first-order chi connectivity index (χ1) is 11.8. The molecule has 25 heavy (non-hydrogen) atoms. The summed E-state index contributed by atoms with van der Waals surface area (Å²) in [6.45, 7) is 6.52. The smallest absolute Gasteiger partial charge is 0.337 e. The van der Waals surface area contributed by atoms with E-state index in [-0.39, 0.29) is 11.3 Å². The largest absolute Gasteiger partial charge is 0.465 e. The minimum absolute atomic E-state index is 0.0873. The van der Waals surface area contributed by atoms with Crippen molar-refractivity contribution in [1.82, 2.24) is 0 Å². The lowest BCUT2D eigenvalue weighted by molar-refractivity contribution is -0.113. The number of benzene rings is 2. The van der Waals surface area contributed by atoms with Crippen LogP contribution in [0.1, 0.15) is 36.7 Å². The second-order valence-electron chi connectivity index (χ2n) is 6.68. The van der Waals surface area contributed by atoms with Gasteiger partial charge in [0.05, 0.1) is 18.4 Å². The van der Waals surface area contributed by atoms with Crippen LogP contribution in [0.4, 0.5) is 5.69 Å². The Bertz CT molecular complexity index is 731. The number of carbonyl (C=O) groups is 2. The van der Waals surface area contributed by atoms with Crippen LogP contribution >= 0.6 is 11.8 Å². The van der Waals surface area contributed by atoms with E-state index in [9.17, 15) is 9.59 Å². The third-order valence-electron chi connectivity index (χ3n) is 3.68. The predicted octanol–water partition coefficient (Wildman–Crippen LogP) is 4.50. The third-order valence-corrected chi connectivity index (χ3v) is 4.69. The van der Waals surface area contributed by atoms with E-state index >= 15 is 0 Å². The number of carbonyl (C=O) groups excluding carboxylic acids is 2. The minimum Gasteiger partial charge on any atom is -0.465 e. The summed E-state index contributed by atoms with van der Waals surface area (Å²) in [5.41, 5.74) is 2.50. The van der Waals surface area contributed by atoms with Gasteiger partial charge in [-0.05, 0) is 47.4 Å². The summed E-state index contributed by atoms with van der Waals surface area (Å²) in [6, 6.07) is 14.9. The first kappa shape index (κ1) is 19.1. The number of ether oxygens (including phenoxy) is 1. The van der Waals surface area contributed by atoms with Gasteiger partial charge in [0.2, 0.25) is 5.91 Å². The molecule has 0 aliphatic rings. The molecule has 0 heterocycles. The van der Waals surface area contributed by atoms with Crippen molar-refractivity contribution in [2.75, 3.05) is 18.2 Å². The number of anilines is 1. The quantitative estimate of drug-likeness (QED) is 0.632. The first-order valence-corrected chi connectivity index (χ1v) is 9.00. The van der Waals surface area contributed by atoms with Crippen molar-refractivity contribution in [3.63, 3.8) is 0 Å². The van der Waals surface area contributed by atoms with E-state index in [1.165, 1.54) is 24.4 Å². The Kier molecular flexibility index (Phi) is 6.26. The molecule has 0 unspecified atom stereocenters. The number of thioether (sulfide) groups is 1. The van der Waals surface area contributed by atoms with Crippen molar-refractivity contribution in [1.29, 1.82) is 0 Å². The van der Waals surface area contributed by atoms with Gasteiger partial charge in [-0.25, -0.2) is 4.79 Å². The van der Waals surface area contributed by atoms with Gasteiger partial charge in [0.25, 0.3) is 0 Å². The maximum Gasteiger partial charge on any atom is 0.337 e. The third kappa shape index (κ3) is 5.64. The molecule has 0 aromatic heterocycles. The molecule has 4 nitrogen and oxygen atoms in total. The predicted molar refractivity (Wildman–Crippen MR) is 102 cm³/mol. The number of hydrogen-bond acceptors (Lipinski definition) is 4. The molecule has 1 amide bonds. The Morgan fingerprint density at radius 1 is 1.00 bits per heavy atom. The molecule has 0 aliphatic heterocycles. The molecule has 2 aromatic rings. The monoisotopic (exact) mass is 357 g/mol. The molecule has 2 rings (SSSR count). The second-order valence-corrected chi connectivity index (χ2v) is 7.73. The highest BCUT2D eigenvalue weighted by Gasteiger charge is 2.13. The Hall–Kier alpha value is -2.27. The summed E-state index contributed by atoms with van der Waals surface area (Å²) in [5.74, 6) is -0.156. The first-order valence-electron chi connectivity index (χ1n) is 8.01. The van der Waals surface area contributed by atoms with Crippen LogP contribution in [-0.4, -0.2) is 24.7 Å². The van der Waals surface area contributed by atoms with Crippen molar-refractivity contribution < 1.29 is 14.3 Å². The van der Waals surface area contributed by atoms with Crippen LogP contribution in [0, 0.1) is 0 Å². The van der Waals surface area contributed by atoms with Crippen molar-refractivity contribution in [2.45, 2.75) is 31.1 Å². The van der Waals surface area contributed by atoms with Gasteiger partial charge >= 0.3 is 5.97 Å². The van der Waals surface area contributed by atoms with E-state index in [4.69, 9.17) is 0 Å². The molecule has 0 spiro atoms. The number of rotatable bonds is 5. The zero-order valence-electron chi connectivity index (χ0n) is 15.0. The van der Waals surface area contributed by atoms with Crippen LogP contribution in [0.25, 0.3) is 0 Å². The van der Waals surface area contributed by atoms with Gasteiger partial charge in [-0.2, -0.15) is 0 Å². The summed E-state index contributed by atoms with van der Waals surface area (Å²) in [6.07, 6.45) is 0. The molecular formula is C20H23NO3S. The Balaban J connectivity index is 1.87. The Morgan fingerprint density at radius 3 is 2.12 bits per heavy atom. The Labute approximate surface area is 153 Å². The van der Waals surface area contributed by atoms with Crippen molar-refractivity contribution in [3.8, 4) is 0 Å². The molecule has 0 aliphatic carbocycles. The van der Waals surface area contributed by atoms with Crippen LogP contribution in [0.5, 0.6) is 0 Å². The molecule has 0 radical (unpaired) electrons. The number of methoxy groups -OCH3 is 1. The highest BCUT2D eigenvalue weighted by Crippen LogP contribution is 2.25. The number of esters is 1. The average Bonchev–Trinajstić information content (AvgIpc) is 2.59. The number of amides is 1. The van der Waals surface area contributed by atoms with E-state index in [1.807, 2.05) is 12.1 Å². The fourth-order valence-corrected chi connectivity index (χ4v) is 2.90. The van der Waals surface area contributed by atoms with Crippen LogP contribution in [0.3, 0.4) is 0 Å². The lowest BCUT2D eigenvalue weighted by atomic mass is 9.87. The highest BCUT2D eigenvalue weighted by atomic mass is 32.2. The van der Waals surface area contributed by atoms with Gasteiger partial charge in [-0.15, -0.1) is 11.8 Å². The topological polar surface area (TPSA) is 55.4 Å². The van der Waals surface area contributed by atoms with Crippen LogP contribution in [0.15, 0.2) is 53.4 Å². The van der Waals surface area contributed by atoms with Crippen LogP contribution in [0.2, 0.25) is 0 Å². The fourth-order valence-electron chi connectivity index (χ4n) is 2.20. The summed E-state index contributed by atoms with van der Waals surface area (Å²) in [7, 11) is 1.34. The van der Waals surface area contributed by atoms with Gasteiger partial charge in [-0.1, -0.05) is 32.9 Å². The molecule has 0 saturated heterocycles. The van der Waals surface area contributed by atoms with Crippen molar-refractivity contribution >= 4 is 29.3 Å². The average molecular weight is 357 g/mol. The maximum absolute atomic E-state index is 12.1. The highest BCUT2D eigenvalue weighted by molar-refractivity contribution is 8.00. The van der Waals surface area contributed by atoms with Gasteiger partial charge in [0, 0.05) is 10.6 Å². The molecular weight excluding hydrogens is 334 g/mol.